The van der Waals surface area contributed by atoms with E-state index in [0.29, 0.717) is 6.54 Å². The molecule has 160 valence electrons. The van der Waals surface area contributed by atoms with Gasteiger partial charge in [0, 0.05) is 49.5 Å². The van der Waals surface area contributed by atoms with Crippen molar-refractivity contribution >= 4 is 29.1 Å². The summed E-state index contributed by atoms with van der Waals surface area (Å²) < 4.78 is 0. The number of piperazine rings is 1. The van der Waals surface area contributed by atoms with Gasteiger partial charge in [0.25, 0.3) is 0 Å². The van der Waals surface area contributed by atoms with Gasteiger partial charge in [-0.1, -0.05) is 37.3 Å². The molecule has 0 aromatic heterocycles. The summed E-state index contributed by atoms with van der Waals surface area (Å²) in [6.07, 6.45) is 7.56. The van der Waals surface area contributed by atoms with Gasteiger partial charge >= 0.3 is 11.8 Å². The molecule has 2 amide bonds. The molecule has 7 heteroatoms. The van der Waals surface area contributed by atoms with E-state index in [1.807, 2.05) is 12.1 Å². The summed E-state index contributed by atoms with van der Waals surface area (Å²) in [6.45, 7) is 5.43. The van der Waals surface area contributed by atoms with Crippen LogP contribution in [0.1, 0.15) is 44.9 Å². The van der Waals surface area contributed by atoms with Crippen LogP contribution in [0.25, 0.3) is 0 Å². The van der Waals surface area contributed by atoms with E-state index in [0.717, 1.165) is 69.9 Å². The molecule has 2 fully saturated rings. The number of rotatable bonds is 6. The van der Waals surface area contributed by atoms with Crippen LogP contribution in [0.2, 0.25) is 5.02 Å². The Labute approximate surface area is 179 Å². The molecule has 1 aromatic carbocycles. The van der Waals surface area contributed by atoms with Gasteiger partial charge in [-0.05, 0) is 50.1 Å². The maximum atomic E-state index is 12.1. The maximum Gasteiger partial charge on any atom is 0.309 e. The van der Waals surface area contributed by atoms with Crippen LogP contribution in [0.15, 0.2) is 24.3 Å². The molecule has 2 N–H and O–H groups in total. The molecule has 0 bridgehead atoms. The third-order valence-electron chi connectivity index (χ3n) is 5.90. The molecular formula is C22H33ClN4O2. The van der Waals surface area contributed by atoms with E-state index in [4.69, 9.17) is 11.6 Å². The first kappa shape index (κ1) is 21.9. The predicted octanol–water partition coefficient (Wildman–Crippen LogP) is 2.81. The average Bonchev–Trinajstić information content (AvgIpc) is 3.01. The van der Waals surface area contributed by atoms with E-state index in [2.05, 4.69) is 32.6 Å². The minimum atomic E-state index is -0.498. The Bertz CT molecular complexity index is 651. The minimum absolute atomic E-state index is 0.160. The Kier molecular flexibility index (Phi) is 8.62. The van der Waals surface area contributed by atoms with Crippen LogP contribution >= 0.6 is 11.6 Å². The first-order chi connectivity index (χ1) is 14.1. The SMILES string of the molecule is O=C(NCCCN1CCN(c2ccc(Cl)cc2)CC1)C(=O)NC1CCCCCC1. The first-order valence-electron chi connectivity index (χ1n) is 10.9. The highest BCUT2D eigenvalue weighted by atomic mass is 35.5. The molecule has 1 saturated carbocycles. The number of carbonyl (C=O) groups is 2. The second-order valence-electron chi connectivity index (χ2n) is 8.08. The van der Waals surface area contributed by atoms with Crippen LogP contribution in [-0.4, -0.2) is 62.0 Å². The number of nitrogens with one attached hydrogen (secondary N) is 2. The third kappa shape index (κ3) is 7.19. The van der Waals surface area contributed by atoms with Crippen molar-refractivity contribution in [2.75, 3.05) is 44.2 Å². The maximum absolute atomic E-state index is 12.1. The topological polar surface area (TPSA) is 64.7 Å². The highest BCUT2D eigenvalue weighted by Gasteiger charge is 2.20. The number of benzene rings is 1. The smallest absolute Gasteiger partial charge is 0.309 e. The Balaban J connectivity index is 1.28. The van der Waals surface area contributed by atoms with E-state index in [-0.39, 0.29) is 6.04 Å². The number of nitrogens with zero attached hydrogens (tertiary/aromatic N) is 2. The van der Waals surface area contributed by atoms with Crippen molar-refractivity contribution in [1.29, 1.82) is 0 Å². The number of hydrogen-bond donors (Lipinski definition) is 2. The summed E-state index contributed by atoms with van der Waals surface area (Å²) in [6, 6.07) is 8.14. The Morgan fingerprint density at radius 1 is 0.931 bits per heavy atom. The second kappa shape index (κ2) is 11.4. The van der Waals surface area contributed by atoms with Crippen molar-refractivity contribution in [3.05, 3.63) is 29.3 Å². The minimum Gasteiger partial charge on any atom is -0.369 e. The molecule has 0 atom stereocenters. The standard InChI is InChI=1S/C22H33ClN4O2/c23-18-8-10-20(11-9-18)27-16-14-26(15-17-27)13-5-12-24-21(28)22(29)25-19-6-3-1-2-4-7-19/h8-11,19H,1-7,12-17H2,(H,24,28)(H,25,29). The number of hydrogen-bond acceptors (Lipinski definition) is 4. The highest BCUT2D eigenvalue weighted by Crippen LogP contribution is 2.19. The fourth-order valence-corrected chi connectivity index (χ4v) is 4.27. The van der Waals surface area contributed by atoms with Crippen molar-refractivity contribution < 1.29 is 9.59 Å². The summed E-state index contributed by atoms with van der Waals surface area (Å²) >= 11 is 5.96. The Morgan fingerprint density at radius 2 is 1.59 bits per heavy atom. The first-order valence-corrected chi connectivity index (χ1v) is 11.3. The Hall–Kier alpha value is -1.79. The quantitative estimate of drug-likeness (QED) is 0.422. The number of amides is 2. The zero-order valence-electron chi connectivity index (χ0n) is 17.2. The normalized spacial score (nSPS) is 18.9. The Morgan fingerprint density at radius 3 is 2.24 bits per heavy atom. The molecule has 2 aliphatic rings. The summed E-state index contributed by atoms with van der Waals surface area (Å²) in [7, 11) is 0. The van der Waals surface area contributed by atoms with Crippen LogP contribution in [0, 0.1) is 0 Å². The monoisotopic (exact) mass is 420 g/mol. The molecule has 1 saturated heterocycles. The van der Waals surface area contributed by atoms with Crippen molar-refractivity contribution in [1.82, 2.24) is 15.5 Å². The van der Waals surface area contributed by atoms with Gasteiger partial charge in [0.1, 0.15) is 0 Å². The molecular weight excluding hydrogens is 388 g/mol. The van der Waals surface area contributed by atoms with Crippen LogP contribution in [0.4, 0.5) is 5.69 Å². The summed E-state index contributed by atoms with van der Waals surface area (Å²) in [5.41, 5.74) is 1.21. The van der Waals surface area contributed by atoms with Crippen molar-refractivity contribution in [2.24, 2.45) is 0 Å². The lowest BCUT2D eigenvalue weighted by Gasteiger charge is -2.36. The lowest BCUT2D eigenvalue weighted by molar-refractivity contribution is -0.139. The molecule has 0 radical (unpaired) electrons. The van der Waals surface area contributed by atoms with Gasteiger partial charge in [0.2, 0.25) is 0 Å². The van der Waals surface area contributed by atoms with E-state index in [9.17, 15) is 9.59 Å². The fourth-order valence-electron chi connectivity index (χ4n) is 4.14. The molecule has 1 aliphatic heterocycles. The molecule has 0 spiro atoms. The fraction of sp³-hybridized carbons (Fsp3) is 0.636. The molecule has 3 rings (SSSR count). The van der Waals surface area contributed by atoms with Gasteiger partial charge in [0.15, 0.2) is 0 Å². The third-order valence-corrected chi connectivity index (χ3v) is 6.15. The number of halogens is 1. The lowest BCUT2D eigenvalue weighted by Crippen LogP contribution is -2.47. The van der Waals surface area contributed by atoms with Crippen molar-refractivity contribution in [3.63, 3.8) is 0 Å². The second-order valence-corrected chi connectivity index (χ2v) is 8.51. The largest absolute Gasteiger partial charge is 0.369 e. The summed E-state index contributed by atoms with van der Waals surface area (Å²) in [5.74, 6) is -0.977. The van der Waals surface area contributed by atoms with E-state index in [1.165, 1.54) is 18.5 Å². The molecule has 29 heavy (non-hydrogen) atoms. The lowest BCUT2D eigenvalue weighted by atomic mass is 10.1. The van der Waals surface area contributed by atoms with Crippen molar-refractivity contribution in [3.8, 4) is 0 Å². The molecule has 1 aromatic rings. The van der Waals surface area contributed by atoms with Gasteiger partial charge in [-0.15, -0.1) is 0 Å². The van der Waals surface area contributed by atoms with E-state index >= 15 is 0 Å². The zero-order valence-corrected chi connectivity index (χ0v) is 17.9. The van der Waals surface area contributed by atoms with Gasteiger partial charge < -0.3 is 15.5 Å². The van der Waals surface area contributed by atoms with Gasteiger partial charge in [0.05, 0.1) is 0 Å². The number of carbonyl (C=O) groups excluding carboxylic acids is 2. The summed E-state index contributed by atoms with van der Waals surface area (Å²) in [5, 5.41) is 6.43. The average molecular weight is 421 g/mol. The van der Waals surface area contributed by atoms with Crippen molar-refractivity contribution in [2.45, 2.75) is 51.0 Å². The molecule has 6 nitrogen and oxygen atoms in total. The number of anilines is 1. The van der Waals surface area contributed by atoms with Gasteiger partial charge in [-0.25, -0.2) is 0 Å². The highest BCUT2D eigenvalue weighted by molar-refractivity contribution is 6.35. The van der Waals surface area contributed by atoms with Crippen LogP contribution in [-0.2, 0) is 9.59 Å². The van der Waals surface area contributed by atoms with Crippen LogP contribution in [0.5, 0.6) is 0 Å². The predicted molar refractivity (Wildman–Crippen MR) is 117 cm³/mol. The molecule has 1 heterocycles. The van der Waals surface area contributed by atoms with Gasteiger partial charge in [-0.3, -0.25) is 14.5 Å². The van der Waals surface area contributed by atoms with Crippen LogP contribution < -0.4 is 15.5 Å². The molecule has 1 aliphatic carbocycles. The van der Waals surface area contributed by atoms with E-state index < -0.39 is 11.8 Å². The van der Waals surface area contributed by atoms with Gasteiger partial charge in [-0.2, -0.15) is 0 Å². The zero-order chi connectivity index (χ0) is 20.5. The van der Waals surface area contributed by atoms with E-state index in [1.54, 1.807) is 0 Å². The summed E-state index contributed by atoms with van der Waals surface area (Å²) in [4.78, 5) is 28.9. The molecule has 0 unspecified atom stereocenters. The van der Waals surface area contributed by atoms with Crippen LogP contribution in [0.3, 0.4) is 0 Å².